The molecule has 2 aromatic carbocycles. The van der Waals surface area contributed by atoms with E-state index in [1.54, 1.807) is 12.1 Å². The number of rotatable bonds is 5. The molecule has 0 aliphatic heterocycles. The van der Waals surface area contributed by atoms with Crippen LogP contribution in [0, 0.1) is 6.92 Å². The van der Waals surface area contributed by atoms with Crippen LogP contribution < -0.4 is 5.32 Å². The Bertz CT molecular complexity index is 799. The Morgan fingerprint density at radius 2 is 1.78 bits per heavy atom. The van der Waals surface area contributed by atoms with Gasteiger partial charge in [0, 0.05) is 16.8 Å². The first kappa shape index (κ1) is 17.6. The summed E-state index contributed by atoms with van der Waals surface area (Å²) in [6, 6.07) is 14.2. The highest BCUT2D eigenvalue weighted by Gasteiger charge is 2.15. The Morgan fingerprint density at radius 1 is 1.13 bits per heavy atom. The number of aryl methyl sites for hydroxylation is 1. The Labute approximate surface area is 141 Å². The second kappa shape index (κ2) is 7.19. The Kier molecular flexibility index (Phi) is 5.49. The van der Waals surface area contributed by atoms with Gasteiger partial charge < -0.3 is 5.32 Å². The fourth-order valence-electron chi connectivity index (χ4n) is 1.92. The number of anilines is 1. The quantitative estimate of drug-likeness (QED) is 0.839. The van der Waals surface area contributed by atoms with Crippen molar-refractivity contribution in [2.45, 2.75) is 28.9 Å². The van der Waals surface area contributed by atoms with E-state index in [-0.39, 0.29) is 16.1 Å². The summed E-state index contributed by atoms with van der Waals surface area (Å²) in [5, 5.41) is 2.47. The Morgan fingerprint density at radius 3 is 2.39 bits per heavy atom. The lowest BCUT2D eigenvalue weighted by molar-refractivity contribution is -0.115. The van der Waals surface area contributed by atoms with Crippen molar-refractivity contribution in [2.24, 2.45) is 0 Å². The largest absolute Gasteiger partial charge is 0.325 e. The normalized spacial score (nSPS) is 12.7. The van der Waals surface area contributed by atoms with Gasteiger partial charge in [-0.15, -0.1) is 11.8 Å². The van der Waals surface area contributed by atoms with E-state index >= 15 is 0 Å². The zero-order chi connectivity index (χ0) is 17.0. The number of benzene rings is 2. The minimum Gasteiger partial charge on any atom is -0.325 e. The van der Waals surface area contributed by atoms with Gasteiger partial charge in [-0.3, -0.25) is 4.79 Å². The van der Waals surface area contributed by atoms with Gasteiger partial charge in [0.1, 0.15) is 0 Å². The molecule has 0 bridgehead atoms. The lowest BCUT2D eigenvalue weighted by Crippen LogP contribution is -2.22. The number of hydrogen-bond donors (Lipinski definition) is 1. The molecule has 6 heteroatoms. The molecule has 4 nitrogen and oxygen atoms in total. The number of carbonyl (C=O) groups excluding carboxylic acids is 1. The van der Waals surface area contributed by atoms with Crippen LogP contribution in [-0.4, -0.2) is 25.8 Å². The van der Waals surface area contributed by atoms with E-state index in [1.165, 1.54) is 29.5 Å². The summed E-state index contributed by atoms with van der Waals surface area (Å²) < 4.78 is 23.1. The highest BCUT2D eigenvalue weighted by Crippen LogP contribution is 2.25. The fourth-order valence-corrected chi connectivity index (χ4v) is 3.46. The van der Waals surface area contributed by atoms with Crippen LogP contribution in [0.4, 0.5) is 5.69 Å². The molecule has 1 amide bonds. The van der Waals surface area contributed by atoms with E-state index in [2.05, 4.69) is 5.32 Å². The molecule has 2 aromatic rings. The van der Waals surface area contributed by atoms with Crippen molar-refractivity contribution in [2.75, 3.05) is 11.6 Å². The molecule has 0 aliphatic rings. The van der Waals surface area contributed by atoms with Gasteiger partial charge in [0.15, 0.2) is 9.84 Å². The molecule has 0 radical (unpaired) electrons. The maximum Gasteiger partial charge on any atom is 0.237 e. The van der Waals surface area contributed by atoms with Gasteiger partial charge in [-0.1, -0.05) is 23.8 Å². The number of nitrogens with one attached hydrogen (secondary N) is 1. The Hall–Kier alpha value is -1.79. The topological polar surface area (TPSA) is 63.2 Å². The summed E-state index contributed by atoms with van der Waals surface area (Å²) >= 11 is 1.46. The van der Waals surface area contributed by atoms with Gasteiger partial charge in [-0.05, 0) is 44.2 Å². The van der Waals surface area contributed by atoms with Crippen molar-refractivity contribution < 1.29 is 13.2 Å². The van der Waals surface area contributed by atoms with Crippen LogP contribution in [0.5, 0.6) is 0 Å². The lowest BCUT2D eigenvalue weighted by Gasteiger charge is -2.12. The third kappa shape index (κ3) is 5.11. The summed E-state index contributed by atoms with van der Waals surface area (Å²) in [5.74, 6) is -0.166. The molecule has 0 saturated carbocycles. The maximum atomic E-state index is 12.3. The van der Waals surface area contributed by atoms with E-state index in [4.69, 9.17) is 0 Å². The van der Waals surface area contributed by atoms with Crippen molar-refractivity contribution >= 4 is 33.2 Å². The average Bonchev–Trinajstić information content (AvgIpc) is 2.49. The second-order valence-electron chi connectivity index (χ2n) is 5.36. The number of thioether (sulfide) groups is 1. The van der Waals surface area contributed by atoms with Crippen LogP contribution in [0.15, 0.2) is 58.3 Å². The van der Waals surface area contributed by atoms with Crippen molar-refractivity contribution in [3.8, 4) is 0 Å². The van der Waals surface area contributed by atoms with E-state index in [0.717, 1.165) is 11.2 Å². The highest BCUT2D eigenvalue weighted by molar-refractivity contribution is 8.00. The van der Waals surface area contributed by atoms with E-state index < -0.39 is 9.84 Å². The molecule has 0 heterocycles. The number of amides is 1. The zero-order valence-electron chi connectivity index (χ0n) is 13.2. The van der Waals surface area contributed by atoms with Crippen molar-refractivity contribution in [1.82, 2.24) is 0 Å². The average molecular weight is 349 g/mol. The van der Waals surface area contributed by atoms with Crippen molar-refractivity contribution in [3.05, 3.63) is 54.1 Å². The summed E-state index contributed by atoms with van der Waals surface area (Å²) in [6.07, 6.45) is 1.14. The minimum absolute atomic E-state index is 0.166. The third-order valence-corrected chi connectivity index (χ3v) is 5.45. The lowest BCUT2D eigenvalue weighted by atomic mass is 10.2. The smallest absolute Gasteiger partial charge is 0.237 e. The predicted molar refractivity (Wildman–Crippen MR) is 94.7 cm³/mol. The standard InChI is InChI=1S/C17H19NO3S2/c1-12-7-9-15(10-8-12)22-13(2)17(19)18-14-5-4-6-16(11-14)23(3,20)21/h4-11,13H,1-3H3,(H,18,19)/t13-/m1/s1. The number of hydrogen-bond acceptors (Lipinski definition) is 4. The van der Waals surface area contributed by atoms with Crippen molar-refractivity contribution in [3.63, 3.8) is 0 Å². The van der Waals surface area contributed by atoms with Crippen molar-refractivity contribution in [1.29, 1.82) is 0 Å². The molecule has 2 rings (SSSR count). The molecule has 0 spiro atoms. The van der Waals surface area contributed by atoms with Crippen LogP contribution in [-0.2, 0) is 14.6 Å². The van der Waals surface area contributed by atoms with Gasteiger partial charge in [-0.2, -0.15) is 0 Å². The molecule has 1 N–H and O–H groups in total. The first-order valence-electron chi connectivity index (χ1n) is 7.10. The molecular formula is C17H19NO3S2. The summed E-state index contributed by atoms with van der Waals surface area (Å²) in [6.45, 7) is 3.83. The van der Waals surface area contributed by atoms with Crippen LogP contribution in [0.2, 0.25) is 0 Å². The molecule has 122 valence electrons. The predicted octanol–water partition coefficient (Wildman–Crippen LogP) is 3.52. The molecule has 0 fully saturated rings. The molecule has 1 atom stereocenters. The van der Waals surface area contributed by atoms with Gasteiger partial charge in [-0.25, -0.2) is 8.42 Å². The fraction of sp³-hybridized carbons (Fsp3) is 0.235. The molecule has 0 aromatic heterocycles. The molecular weight excluding hydrogens is 330 g/mol. The molecule has 0 unspecified atom stereocenters. The molecule has 0 aliphatic carbocycles. The summed E-state index contributed by atoms with van der Waals surface area (Å²) in [5.41, 5.74) is 1.65. The monoisotopic (exact) mass is 349 g/mol. The zero-order valence-corrected chi connectivity index (χ0v) is 14.9. The first-order chi connectivity index (χ1) is 10.8. The third-order valence-electron chi connectivity index (χ3n) is 3.23. The van der Waals surface area contributed by atoms with E-state index in [9.17, 15) is 13.2 Å². The van der Waals surface area contributed by atoms with Gasteiger partial charge >= 0.3 is 0 Å². The minimum atomic E-state index is -3.29. The SMILES string of the molecule is Cc1ccc(S[C@H](C)C(=O)Nc2cccc(S(C)(=O)=O)c2)cc1. The van der Waals surface area contributed by atoms with Gasteiger partial charge in [0.2, 0.25) is 5.91 Å². The Balaban J connectivity index is 2.05. The van der Waals surface area contributed by atoms with Crippen LogP contribution in [0.3, 0.4) is 0 Å². The second-order valence-corrected chi connectivity index (χ2v) is 8.79. The number of sulfone groups is 1. The number of carbonyl (C=O) groups is 1. The molecule has 0 saturated heterocycles. The van der Waals surface area contributed by atoms with Crippen LogP contribution in [0.1, 0.15) is 12.5 Å². The van der Waals surface area contributed by atoms with Gasteiger partial charge in [0.05, 0.1) is 10.1 Å². The van der Waals surface area contributed by atoms with Gasteiger partial charge in [0.25, 0.3) is 0 Å². The highest BCUT2D eigenvalue weighted by atomic mass is 32.2. The molecule has 23 heavy (non-hydrogen) atoms. The summed E-state index contributed by atoms with van der Waals surface area (Å²) in [7, 11) is -3.29. The summed E-state index contributed by atoms with van der Waals surface area (Å²) in [4.78, 5) is 13.5. The maximum absolute atomic E-state index is 12.3. The first-order valence-corrected chi connectivity index (χ1v) is 9.87. The van der Waals surface area contributed by atoms with E-state index in [1.807, 2.05) is 38.1 Å². The van der Waals surface area contributed by atoms with Crippen LogP contribution in [0.25, 0.3) is 0 Å². The van der Waals surface area contributed by atoms with Crippen LogP contribution >= 0.6 is 11.8 Å². The van der Waals surface area contributed by atoms with E-state index in [0.29, 0.717) is 5.69 Å².